The standard InChI is InChI=1S/C12H22N6O/c1-8-10(13)11(16-15-8)12(19)14-6-9-7-17(2)4-5-18(9)3/h9H,4-7,13H2,1-3H3,(H,14,19)(H,15,16). The molecule has 0 saturated carbocycles. The number of H-pyrrole nitrogens is 1. The summed E-state index contributed by atoms with van der Waals surface area (Å²) >= 11 is 0. The minimum absolute atomic E-state index is 0.219. The Morgan fingerprint density at radius 3 is 2.89 bits per heavy atom. The van der Waals surface area contributed by atoms with Crippen LogP contribution in [0.2, 0.25) is 0 Å². The molecule has 2 heterocycles. The van der Waals surface area contributed by atoms with Crippen molar-refractivity contribution in [2.45, 2.75) is 13.0 Å². The third kappa shape index (κ3) is 3.05. The highest BCUT2D eigenvalue weighted by atomic mass is 16.2. The monoisotopic (exact) mass is 266 g/mol. The molecule has 0 bridgehead atoms. The maximum Gasteiger partial charge on any atom is 0.273 e. The molecule has 1 amide bonds. The van der Waals surface area contributed by atoms with Crippen LogP contribution in [0.25, 0.3) is 0 Å². The smallest absolute Gasteiger partial charge is 0.273 e. The number of piperazine rings is 1. The van der Waals surface area contributed by atoms with Crippen LogP contribution in [-0.2, 0) is 0 Å². The number of nitrogens with one attached hydrogen (secondary N) is 2. The Morgan fingerprint density at radius 2 is 2.26 bits per heavy atom. The zero-order chi connectivity index (χ0) is 14.0. The summed E-state index contributed by atoms with van der Waals surface area (Å²) in [6, 6.07) is 0.323. The lowest BCUT2D eigenvalue weighted by Crippen LogP contribution is -2.54. The molecule has 19 heavy (non-hydrogen) atoms. The molecule has 1 atom stereocenters. The van der Waals surface area contributed by atoms with Crippen LogP contribution in [0.5, 0.6) is 0 Å². The fraction of sp³-hybridized carbons (Fsp3) is 0.667. The van der Waals surface area contributed by atoms with E-state index in [-0.39, 0.29) is 11.6 Å². The lowest BCUT2D eigenvalue weighted by atomic mass is 10.2. The van der Waals surface area contributed by atoms with Gasteiger partial charge < -0.3 is 16.0 Å². The van der Waals surface area contributed by atoms with Gasteiger partial charge in [0.05, 0.1) is 11.4 Å². The van der Waals surface area contributed by atoms with Crippen molar-refractivity contribution in [1.29, 1.82) is 0 Å². The van der Waals surface area contributed by atoms with Gasteiger partial charge in [-0.25, -0.2) is 0 Å². The maximum atomic E-state index is 12.0. The number of nitrogen functional groups attached to an aromatic ring is 1. The minimum Gasteiger partial charge on any atom is -0.395 e. The van der Waals surface area contributed by atoms with E-state index in [2.05, 4.69) is 39.4 Å². The predicted octanol–water partition coefficient (Wildman–Crippen LogP) is -0.724. The van der Waals surface area contributed by atoms with Crippen LogP contribution in [0.3, 0.4) is 0 Å². The molecule has 1 aromatic heterocycles. The number of hydrogen-bond donors (Lipinski definition) is 3. The molecule has 1 aliphatic rings. The van der Waals surface area contributed by atoms with E-state index in [0.29, 0.717) is 18.3 Å². The van der Waals surface area contributed by atoms with Crippen molar-refractivity contribution in [3.8, 4) is 0 Å². The van der Waals surface area contributed by atoms with E-state index in [1.54, 1.807) is 6.92 Å². The van der Waals surface area contributed by atoms with Gasteiger partial charge in [0.25, 0.3) is 5.91 Å². The molecule has 4 N–H and O–H groups in total. The summed E-state index contributed by atoms with van der Waals surface area (Å²) in [7, 11) is 4.17. The van der Waals surface area contributed by atoms with Gasteiger partial charge in [-0.15, -0.1) is 0 Å². The van der Waals surface area contributed by atoms with Crippen LogP contribution in [0.1, 0.15) is 16.2 Å². The van der Waals surface area contributed by atoms with Gasteiger partial charge in [-0.3, -0.25) is 14.8 Å². The molecule has 1 unspecified atom stereocenters. The molecule has 1 fully saturated rings. The molecule has 7 heteroatoms. The lowest BCUT2D eigenvalue weighted by Gasteiger charge is -2.37. The van der Waals surface area contributed by atoms with Gasteiger partial charge in [0.2, 0.25) is 0 Å². The number of carbonyl (C=O) groups is 1. The average molecular weight is 266 g/mol. The SMILES string of the molecule is Cc1[nH]nc(C(=O)NCC2CN(C)CCN2C)c1N. The Bertz CT molecular complexity index is 457. The minimum atomic E-state index is -0.219. The first kappa shape index (κ1) is 13.8. The first-order valence-corrected chi connectivity index (χ1v) is 6.46. The molecule has 1 saturated heterocycles. The lowest BCUT2D eigenvalue weighted by molar-refractivity contribution is 0.0877. The number of hydrogen-bond acceptors (Lipinski definition) is 5. The Kier molecular flexibility index (Phi) is 4.06. The number of aryl methyl sites for hydroxylation is 1. The third-order valence-electron chi connectivity index (χ3n) is 3.69. The van der Waals surface area contributed by atoms with Crippen molar-refractivity contribution >= 4 is 11.6 Å². The van der Waals surface area contributed by atoms with E-state index < -0.39 is 0 Å². The number of likely N-dealkylation sites (N-methyl/N-ethyl adjacent to an activating group) is 2. The van der Waals surface area contributed by atoms with Crippen LogP contribution in [-0.4, -0.2) is 72.2 Å². The van der Waals surface area contributed by atoms with Gasteiger partial charge in [0.1, 0.15) is 0 Å². The van der Waals surface area contributed by atoms with Crippen LogP contribution in [0.4, 0.5) is 5.69 Å². The van der Waals surface area contributed by atoms with Gasteiger partial charge in [-0.1, -0.05) is 0 Å². The van der Waals surface area contributed by atoms with Crippen molar-refractivity contribution in [2.75, 3.05) is 46.0 Å². The molecule has 0 radical (unpaired) electrons. The third-order valence-corrected chi connectivity index (χ3v) is 3.69. The molecule has 0 aliphatic carbocycles. The van der Waals surface area contributed by atoms with Crippen molar-refractivity contribution in [2.24, 2.45) is 0 Å². The maximum absolute atomic E-state index is 12.0. The molecular weight excluding hydrogens is 244 g/mol. The summed E-state index contributed by atoms with van der Waals surface area (Å²) in [5.74, 6) is -0.219. The molecule has 1 aliphatic heterocycles. The number of rotatable bonds is 3. The second kappa shape index (κ2) is 5.58. The van der Waals surface area contributed by atoms with Crippen molar-refractivity contribution < 1.29 is 4.79 Å². The summed E-state index contributed by atoms with van der Waals surface area (Å²) in [6.07, 6.45) is 0. The number of aromatic amines is 1. The van der Waals surface area contributed by atoms with Gasteiger partial charge in [-0.2, -0.15) is 5.10 Å². The van der Waals surface area contributed by atoms with Crippen LogP contribution in [0, 0.1) is 6.92 Å². The number of nitrogens with two attached hydrogens (primary N) is 1. The first-order valence-electron chi connectivity index (χ1n) is 6.46. The number of anilines is 1. The molecule has 0 spiro atoms. The van der Waals surface area contributed by atoms with Gasteiger partial charge >= 0.3 is 0 Å². The number of aromatic nitrogens is 2. The predicted molar refractivity (Wildman–Crippen MR) is 74.0 cm³/mol. The van der Waals surface area contributed by atoms with Gasteiger partial charge in [0.15, 0.2) is 5.69 Å². The zero-order valence-electron chi connectivity index (χ0n) is 11.7. The van der Waals surface area contributed by atoms with Crippen LogP contribution < -0.4 is 11.1 Å². The molecule has 2 rings (SSSR count). The second-order valence-electron chi connectivity index (χ2n) is 5.22. The van der Waals surface area contributed by atoms with E-state index in [1.165, 1.54) is 0 Å². The topological polar surface area (TPSA) is 90.3 Å². The van der Waals surface area contributed by atoms with E-state index in [1.807, 2.05) is 0 Å². The number of amides is 1. The van der Waals surface area contributed by atoms with E-state index >= 15 is 0 Å². The second-order valence-corrected chi connectivity index (χ2v) is 5.22. The summed E-state index contributed by atoms with van der Waals surface area (Å²) in [6.45, 7) is 5.42. The van der Waals surface area contributed by atoms with Crippen molar-refractivity contribution in [3.63, 3.8) is 0 Å². The Hall–Kier alpha value is -1.60. The van der Waals surface area contributed by atoms with E-state index in [4.69, 9.17) is 5.73 Å². The summed E-state index contributed by atoms with van der Waals surface area (Å²) in [5, 5.41) is 9.55. The molecule has 1 aromatic rings. The highest BCUT2D eigenvalue weighted by Crippen LogP contribution is 2.12. The van der Waals surface area contributed by atoms with Crippen LogP contribution in [0.15, 0.2) is 0 Å². The Labute approximate surface area is 113 Å². The van der Waals surface area contributed by atoms with Gasteiger partial charge in [-0.05, 0) is 21.0 Å². The van der Waals surface area contributed by atoms with E-state index in [9.17, 15) is 4.79 Å². The quantitative estimate of drug-likeness (QED) is 0.671. The summed E-state index contributed by atoms with van der Waals surface area (Å²) < 4.78 is 0. The number of carbonyl (C=O) groups excluding carboxylic acids is 1. The van der Waals surface area contributed by atoms with Crippen molar-refractivity contribution in [3.05, 3.63) is 11.4 Å². The largest absolute Gasteiger partial charge is 0.395 e. The molecule has 7 nitrogen and oxygen atoms in total. The highest BCUT2D eigenvalue weighted by Gasteiger charge is 2.23. The van der Waals surface area contributed by atoms with E-state index in [0.717, 1.165) is 25.3 Å². The van der Waals surface area contributed by atoms with Crippen molar-refractivity contribution in [1.82, 2.24) is 25.3 Å². The Balaban J connectivity index is 1.91. The van der Waals surface area contributed by atoms with Crippen LogP contribution >= 0.6 is 0 Å². The average Bonchev–Trinajstić information content (AvgIpc) is 2.71. The number of nitrogens with zero attached hydrogens (tertiary/aromatic N) is 3. The normalized spacial score (nSPS) is 21.5. The zero-order valence-corrected chi connectivity index (χ0v) is 11.7. The van der Waals surface area contributed by atoms with Gasteiger partial charge in [0, 0.05) is 32.2 Å². The molecular formula is C12H22N6O. The fourth-order valence-electron chi connectivity index (χ4n) is 2.23. The summed E-state index contributed by atoms with van der Waals surface area (Å²) in [4.78, 5) is 16.5. The first-order chi connectivity index (χ1) is 8.99. The fourth-order valence-corrected chi connectivity index (χ4v) is 2.23. The molecule has 0 aromatic carbocycles. The highest BCUT2D eigenvalue weighted by molar-refractivity contribution is 5.97. The summed E-state index contributed by atoms with van der Waals surface area (Å²) in [5.41, 5.74) is 7.21. The molecule has 106 valence electrons. The Morgan fingerprint density at radius 1 is 1.53 bits per heavy atom.